The molecule has 1 aliphatic heterocycles. The summed E-state index contributed by atoms with van der Waals surface area (Å²) in [6.45, 7) is 13.7. The lowest BCUT2D eigenvalue weighted by Crippen LogP contribution is -2.39. The van der Waals surface area contributed by atoms with Gasteiger partial charge >= 0.3 is 5.97 Å². The SMILES string of the molecule is CC(C)(C)OC(=O)/C=C/c1cn(Cc2ccc(F)cc2)c2cnc3c(c12)CCN(OCOCC[Si](C)(C)C)C3=O. The van der Waals surface area contributed by atoms with E-state index in [0.717, 1.165) is 33.6 Å². The fraction of sp³-hybridized carbons (Fsp3) is 0.433. The van der Waals surface area contributed by atoms with Crippen molar-refractivity contribution in [2.24, 2.45) is 0 Å². The molecule has 4 rings (SSSR count). The molecule has 0 atom stereocenters. The molecule has 0 aliphatic carbocycles. The van der Waals surface area contributed by atoms with Gasteiger partial charge < -0.3 is 14.0 Å². The summed E-state index contributed by atoms with van der Waals surface area (Å²) in [5.41, 5.74) is 2.97. The van der Waals surface area contributed by atoms with Crippen molar-refractivity contribution in [1.29, 1.82) is 0 Å². The number of carbonyl (C=O) groups is 2. The summed E-state index contributed by atoms with van der Waals surface area (Å²) in [5, 5.41) is 2.15. The summed E-state index contributed by atoms with van der Waals surface area (Å²) in [6.07, 6.45) is 7.20. The smallest absolute Gasteiger partial charge is 0.331 e. The van der Waals surface area contributed by atoms with Crippen LogP contribution in [0.2, 0.25) is 25.7 Å². The Morgan fingerprint density at radius 1 is 1.18 bits per heavy atom. The van der Waals surface area contributed by atoms with Crippen LogP contribution < -0.4 is 0 Å². The number of benzene rings is 1. The summed E-state index contributed by atoms with van der Waals surface area (Å²) in [7, 11) is -1.22. The number of ether oxygens (including phenoxy) is 2. The van der Waals surface area contributed by atoms with Gasteiger partial charge in [-0.3, -0.25) is 4.79 Å². The minimum atomic E-state index is -1.22. The molecule has 0 spiro atoms. The van der Waals surface area contributed by atoms with Crippen molar-refractivity contribution in [2.45, 2.75) is 65.0 Å². The van der Waals surface area contributed by atoms with Gasteiger partial charge in [-0.15, -0.1) is 0 Å². The third-order valence-electron chi connectivity index (χ3n) is 6.41. The van der Waals surface area contributed by atoms with E-state index in [4.69, 9.17) is 14.3 Å². The van der Waals surface area contributed by atoms with Crippen LogP contribution in [0.4, 0.5) is 4.39 Å². The number of carbonyl (C=O) groups excluding carboxylic acids is 2. The second-order valence-electron chi connectivity index (χ2n) is 12.2. The quantitative estimate of drug-likeness (QED) is 0.101. The molecular weight excluding hydrogens is 529 g/mol. The number of hydroxylamine groups is 2. The molecular formula is C30H38FN3O5Si. The lowest BCUT2D eigenvalue weighted by molar-refractivity contribution is -0.195. The molecule has 3 aromatic rings. The molecule has 40 heavy (non-hydrogen) atoms. The molecule has 0 saturated carbocycles. The highest BCUT2D eigenvalue weighted by Gasteiger charge is 2.30. The highest BCUT2D eigenvalue weighted by atomic mass is 28.3. The van der Waals surface area contributed by atoms with Crippen LogP contribution in [-0.4, -0.2) is 60.1 Å². The number of halogens is 1. The molecule has 0 saturated heterocycles. The van der Waals surface area contributed by atoms with Gasteiger partial charge in [0.2, 0.25) is 0 Å². The number of hydrogen-bond donors (Lipinski definition) is 0. The Hall–Kier alpha value is -3.34. The maximum atomic E-state index is 13.5. The van der Waals surface area contributed by atoms with Crippen LogP contribution in [0.1, 0.15) is 48.0 Å². The van der Waals surface area contributed by atoms with Crippen LogP contribution in [0.25, 0.3) is 17.0 Å². The van der Waals surface area contributed by atoms with Gasteiger partial charge in [-0.05, 0) is 62.6 Å². The normalized spacial score (nSPS) is 14.3. The molecule has 214 valence electrons. The highest BCUT2D eigenvalue weighted by Crippen LogP contribution is 2.32. The molecule has 0 radical (unpaired) electrons. The van der Waals surface area contributed by atoms with Crippen LogP contribution in [0, 0.1) is 5.82 Å². The zero-order valence-electron chi connectivity index (χ0n) is 24.1. The van der Waals surface area contributed by atoms with Gasteiger partial charge in [0.25, 0.3) is 5.91 Å². The monoisotopic (exact) mass is 567 g/mol. The van der Waals surface area contributed by atoms with E-state index in [9.17, 15) is 14.0 Å². The van der Waals surface area contributed by atoms with E-state index in [2.05, 4.69) is 24.6 Å². The molecule has 1 aromatic carbocycles. The second-order valence-corrected chi connectivity index (χ2v) is 17.8. The Labute approximate surface area is 235 Å². The second kappa shape index (κ2) is 12.0. The van der Waals surface area contributed by atoms with E-state index in [-0.39, 0.29) is 18.5 Å². The summed E-state index contributed by atoms with van der Waals surface area (Å²) >= 11 is 0. The first-order valence-electron chi connectivity index (χ1n) is 13.5. The molecule has 1 amide bonds. The van der Waals surface area contributed by atoms with E-state index in [0.29, 0.717) is 31.8 Å². The molecule has 8 nitrogen and oxygen atoms in total. The molecule has 10 heteroatoms. The number of hydrogen-bond acceptors (Lipinski definition) is 6. The van der Waals surface area contributed by atoms with Crippen LogP contribution in [0.3, 0.4) is 0 Å². The molecule has 0 bridgehead atoms. The van der Waals surface area contributed by atoms with E-state index in [1.165, 1.54) is 23.3 Å². The molecule has 0 N–H and O–H groups in total. The lowest BCUT2D eigenvalue weighted by atomic mass is 9.99. The molecule has 3 heterocycles. The van der Waals surface area contributed by atoms with E-state index in [1.807, 2.05) is 31.5 Å². The minimum Gasteiger partial charge on any atom is -0.457 e. The topological polar surface area (TPSA) is 82.9 Å². The fourth-order valence-corrected chi connectivity index (χ4v) is 5.20. The average Bonchev–Trinajstić information content (AvgIpc) is 3.21. The van der Waals surface area contributed by atoms with Crippen LogP contribution in [0.5, 0.6) is 0 Å². The third kappa shape index (κ3) is 7.65. The van der Waals surface area contributed by atoms with Gasteiger partial charge in [0.15, 0.2) is 6.79 Å². The summed E-state index contributed by atoms with van der Waals surface area (Å²) < 4.78 is 26.5. The summed E-state index contributed by atoms with van der Waals surface area (Å²) in [6, 6.07) is 7.32. The van der Waals surface area contributed by atoms with Gasteiger partial charge in [-0.25, -0.2) is 24.1 Å². The van der Waals surface area contributed by atoms with Gasteiger partial charge in [0, 0.05) is 44.4 Å². The van der Waals surface area contributed by atoms with Crippen LogP contribution in [-0.2, 0) is 32.1 Å². The predicted molar refractivity (Wildman–Crippen MR) is 155 cm³/mol. The van der Waals surface area contributed by atoms with Crippen LogP contribution in [0.15, 0.2) is 42.7 Å². The Bertz CT molecular complexity index is 1400. The lowest BCUT2D eigenvalue weighted by Gasteiger charge is -2.27. The standard InChI is InChI=1S/C30H38FN3O5Si/c1-30(2,3)39-26(35)12-9-22-19-33(18-21-7-10-23(31)11-8-21)25-17-32-28-24(27(22)25)13-14-34(29(28)36)38-20-37-15-16-40(4,5)6/h7-12,17,19H,13-16,18,20H2,1-6H3/b12-9+. The third-order valence-corrected chi connectivity index (χ3v) is 8.11. The minimum absolute atomic E-state index is 0.00568. The van der Waals surface area contributed by atoms with E-state index < -0.39 is 19.6 Å². The van der Waals surface area contributed by atoms with Crippen molar-refractivity contribution in [1.82, 2.24) is 14.6 Å². The van der Waals surface area contributed by atoms with Crippen molar-refractivity contribution >= 4 is 36.9 Å². The van der Waals surface area contributed by atoms with Gasteiger partial charge in [0.1, 0.15) is 17.1 Å². The number of aromatic nitrogens is 2. The first-order chi connectivity index (χ1) is 18.8. The van der Waals surface area contributed by atoms with Crippen molar-refractivity contribution in [2.75, 3.05) is 19.9 Å². The van der Waals surface area contributed by atoms with E-state index >= 15 is 0 Å². The number of rotatable bonds is 10. The van der Waals surface area contributed by atoms with Gasteiger partial charge in [-0.2, -0.15) is 0 Å². The number of fused-ring (bicyclic) bond motifs is 3. The van der Waals surface area contributed by atoms with Crippen molar-refractivity contribution in [3.63, 3.8) is 0 Å². The van der Waals surface area contributed by atoms with Crippen molar-refractivity contribution in [3.05, 3.63) is 70.9 Å². The number of nitrogens with zero attached hydrogens (tertiary/aromatic N) is 3. The summed E-state index contributed by atoms with van der Waals surface area (Å²) in [4.78, 5) is 35.9. The zero-order chi connectivity index (χ0) is 29.1. The fourth-order valence-electron chi connectivity index (χ4n) is 4.44. The summed E-state index contributed by atoms with van der Waals surface area (Å²) in [5.74, 6) is -1.09. The number of esters is 1. The van der Waals surface area contributed by atoms with Crippen LogP contribution >= 0.6 is 0 Å². The van der Waals surface area contributed by atoms with E-state index in [1.54, 1.807) is 24.4 Å². The zero-order valence-corrected chi connectivity index (χ0v) is 25.1. The van der Waals surface area contributed by atoms with Gasteiger partial charge in [0.05, 0.1) is 18.3 Å². The van der Waals surface area contributed by atoms with Crippen molar-refractivity contribution in [3.8, 4) is 0 Å². The van der Waals surface area contributed by atoms with Crippen molar-refractivity contribution < 1.29 is 28.3 Å². The molecule has 0 fully saturated rings. The number of pyridine rings is 1. The Balaban J connectivity index is 1.62. The Morgan fingerprint density at radius 3 is 2.58 bits per heavy atom. The predicted octanol–water partition coefficient (Wildman–Crippen LogP) is 5.82. The molecule has 1 aliphatic rings. The highest BCUT2D eigenvalue weighted by molar-refractivity contribution is 6.76. The van der Waals surface area contributed by atoms with Gasteiger partial charge in [-0.1, -0.05) is 31.8 Å². The molecule has 0 unspecified atom stereocenters. The first kappa shape index (κ1) is 29.6. The average molecular weight is 568 g/mol. The first-order valence-corrected chi connectivity index (χ1v) is 17.2. The number of amides is 1. The Kier molecular flexibility index (Phi) is 8.92. The Morgan fingerprint density at radius 2 is 1.90 bits per heavy atom. The molecule has 2 aromatic heterocycles. The largest absolute Gasteiger partial charge is 0.457 e. The maximum absolute atomic E-state index is 13.5. The maximum Gasteiger partial charge on any atom is 0.331 e.